The second-order valence-corrected chi connectivity index (χ2v) is 10.3. The van der Waals surface area contributed by atoms with Crippen LogP contribution in [0.4, 0.5) is 5.69 Å². The number of hydrogen-bond acceptors (Lipinski definition) is 4. The summed E-state index contributed by atoms with van der Waals surface area (Å²) in [4.78, 5) is 55.8. The number of benzene rings is 2. The van der Waals surface area contributed by atoms with E-state index in [-0.39, 0.29) is 30.6 Å². The van der Waals surface area contributed by atoms with E-state index < -0.39 is 22.9 Å². The van der Waals surface area contributed by atoms with Gasteiger partial charge in [-0.2, -0.15) is 0 Å². The number of para-hydroxylation sites is 1. The minimum absolute atomic E-state index is 0.0379. The van der Waals surface area contributed by atoms with Gasteiger partial charge in [-0.15, -0.1) is 0 Å². The molecule has 4 rings (SSSR count). The lowest BCUT2D eigenvalue weighted by atomic mass is 9.93. The fraction of sp³-hybridized carbons (Fsp3) is 0.400. The highest BCUT2D eigenvalue weighted by Crippen LogP contribution is 2.30. The van der Waals surface area contributed by atoms with Crippen molar-refractivity contribution in [1.82, 2.24) is 20.0 Å². The van der Waals surface area contributed by atoms with Gasteiger partial charge in [-0.25, -0.2) is 4.68 Å². The van der Waals surface area contributed by atoms with Crippen LogP contribution in [-0.4, -0.2) is 45.2 Å². The molecule has 3 aromatic rings. The van der Waals surface area contributed by atoms with Crippen molar-refractivity contribution >= 4 is 23.4 Å². The third-order valence-corrected chi connectivity index (χ3v) is 7.79. The summed E-state index contributed by atoms with van der Waals surface area (Å²) in [6.45, 7) is 4.89. The summed E-state index contributed by atoms with van der Waals surface area (Å²) >= 11 is 0. The molecule has 2 N–H and O–H groups in total. The zero-order valence-corrected chi connectivity index (χ0v) is 23.1. The topological polar surface area (TPSA) is 105 Å². The molecular weight excluding hydrogens is 494 g/mol. The van der Waals surface area contributed by atoms with Gasteiger partial charge in [-0.3, -0.25) is 28.8 Å². The normalized spacial score (nSPS) is 15.0. The number of carbonyl (C=O) groups is 3. The maximum absolute atomic E-state index is 14.0. The molecule has 1 fully saturated rings. The van der Waals surface area contributed by atoms with Crippen LogP contribution in [0.1, 0.15) is 62.0 Å². The van der Waals surface area contributed by atoms with Crippen LogP contribution in [0.2, 0.25) is 0 Å². The van der Waals surface area contributed by atoms with Gasteiger partial charge in [0.2, 0.25) is 11.8 Å². The smallest absolute Gasteiger partial charge is 0.295 e. The SMILES string of the molecule is CCC(C)(C(=O)NC1CCCC1)N(C(=O)CNC(=O)c1ccccc1)c1c(C)n(C)n(-c2ccccc2)c1=O. The molecule has 9 heteroatoms. The summed E-state index contributed by atoms with van der Waals surface area (Å²) in [6.07, 6.45) is 4.13. The maximum Gasteiger partial charge on any atom is 0.295 e. The molecule has 206 valence electrons. The molecule has 0 bridgehead atoms. The van der Waals surface area contributed by atoms with Crippen LogP contribution in [0.25, 0.3) is 5.69 Å². The Kier molecular flexibility index (Phi) is 8.38. The molecule has 1 unspecified atom stereocenters. The van der Waals surface area contributed by atoms with Crippen LogP contribution >= 0.6 is 0 Å². The number of nitrogens with zero attached hydrogens (tertiary/aromatic N) is 3. The first kappa shape index (κ1) is 27.9. The second kappa shape index (κ2) is 11.7. The van der Waals surface area contributed by atoms with Gasteiger partial charge in [0.05, 0.1) is 17.9 Å². The van der Waals surface area contributed by atoms with E-state index in [1.54, 1.807) is 55.9 Å². The lowest BCUT2D eigenvalue weighted by molar-refractivity contribution is -0.130. The standard InChI is InChI=1S/C30H37N5O4/c1-5-30(3,29(39)32-23-16-12-13-17-23)34(25(36)20-31-27(37)22-14-8-6-9-15-22)26-21(2)33(4)35(28(26)38)24-18-10-7-11-19-24/h6-11,14-15,18-19,23H,5,12-13,16-17,20H2,1-4H3,(H,31,37)(H,32,39). The monoisotopic (exact) mass is 531 g/mol. The van der Waals surface area contributed by atoms with E-state index >= 15 is 0 Å². The van der Waals surface area contributed by atoms with Crippen molar-refractivity contribution in [1.29, 1.82) is 0 Å². The van der Waals surface area contributed by atoms with Crippen LogP contribution in [-0.2, 0) is 16.6 Å². The summed E-state index contributed by atoms with van der Waals surface area (Å²) in [5.41, 5.74) is -0.0886. The van der Waals surface area contributed by atoms with E-state index in [2.05, 4.69) is 10.6 Å². The summed E-state index contributed by atoms with van der Waals surface area (Å²) < 4.78 is 3.17. The van der Waals surface area contributed by atoms with Crippen LogP contribution in [0.15, 0.2) is 65.5 Å². The Bertz CT molecular complexity index is 1390. The number of amides is 3. The highest BCUT2D eigenvalue weighted by atomic mass is 16.2. The molecule has 1 saturated carbocycles. The second-order valence-electron chi connectivity index (χ2n) is 10.3. The first-order chi connectivity index (χ1) is 18.7. The number of aromatic nitrogens is 2. The van der Waals surface area contributed by atoms with Crippen LogP contribution in [0.3, 0.4) is 0 Å². The molecule has 2 aromatic carbocycles. The van der Waals surface area contributed by atoms with E-state index in [4.69, 9.17) is 0 Å². The third kappa shape index (κ3) is 5.53. The van der Waals surface area contributed by atoms with Gasteiger partial charge in [0, 0.05) is 18.7 Å². The van der Waals surface area contributed by atoms with Crippen molar-refractivity contribution in [2.24, 2.45) is 7.05 Å². The Morgan fingerprint density at radius 1 is 1.00 bits per heavy atom. The quantitative estimate of drug-likeness (QED) is 0.441. The van der Waals surface area contributed by atoms with E-state index in [0.29, 0.717) is 16.9 Å². The van der Waals surface area contributed by atoms with E-state index in [0.717, 1.165) is 25.7 Å². The molecule has 0 radical (unpaired) electrons. The molecule has 3 amide bonds. The van der Waals surface area contributed by atoms with Gasteiger partial charge < -0.3 is 10.6 Å². The molecule has 1 aliphatic rings. The van der Waals surface area contributed by atoms with Crippen molar-refractivity contribution in [3.05, 3.63) is 82.3 Å². The van der Waals surface area contributed by atoms with Crippen molar-refractivity contribution in [3.63, 3.8) is 0 Å². The van der Waals surface area contributed by atoms with Gasteiger partial charge in [-0.05, 0) is 57.4 Å². The molecule has 0 spiro atoms. The van der Waals surface area contributed by atoms with Gasteiger partial charge in [0.1, 0.15) is 11.2 Å². The molecule has 1 aliphatic carbocycles. The summed E-state index contributed by atoms with van der Waals surface area (Å²) in [7, 11) is 1.74. The van der Waals surface area contributed by atoms with Crippen molar-refractivity contribution < 1.29 is 14.4 Å². The lowest BCUT2D eigenvalue weighted by Crippen LogP contribution is -2.62. The highest BCUT2D eigenvalue weighted by molar-refractivity contribution is 6.06. The predicted octanol–water partition coefficient (Wildman–Crippen LogP) is 3.47. The number of nitrogens with one attached hydrogen (secondary N) is 2. The number of rotatable bonds is 9. The molecule has 1 aromatic heterocycles. The molecular formula is C30H37N5O4. The largest absolute Gasteiger partial charge is 0.351 e. The third-order valence-electron chi connectivity index (χ3n) is 7.79. The summed E-state index contributed by atoms with van der Waals surface area (Å²) in [5, 5.41) is 5.79. The van der Waals surface area contributed by atoms with Crippen LogP contribution < -0.4 is 21.1 Å². The average Bonchev–Trinajstić information content (AvgIpc) is 3.54. The van der Waals surface area contributed by atoms with E-state index in [1.165, 1.54) is 9.58 Å². The fourth-order valence-corrected chi connectivity index (χ4v) is 5.22. The molecule has 39 heavy (non-hydrogen) atoms. The van der Waals surface area contributed by atoms with Crippen LogP contribution in [0, 0.1) is 6.92 Å². The highest BCUT2D eigenvalue weighted by Gasteiger charge is 2.45. The molecule has 0 aliphatic heterocycles. The Balaban J connectivity index is 1.76. The lowest BCUT2D eigenvalue weighted by Gasteiger charge is -2.39. The van der Waals surface area contributed by atoms with Crippen molar-refractivity contribution in [2.75, 3.05) is 11.4 Å². The molecule has 0 saturated heterocycles. The molecule has 9 nitrogen and oxygen atoms in total. The maximum atomic E-state index is 14.0. The number of hydrogen-bond donors (Lipinski definition) is 2. The first-order valence-corrected chi connectivity index (χ1v) is 13.5. The zero-order valence-electron chi connectivity index (χ0n) is 23.1. The Morgan fingerprint density at radius 3 is 2.18 bits per heavy atom. The number of carbonyl (C=O) groups excluding carboxylic acids is 3. The average molecular weight is 532 g/mol. The van der Waals surface area contributed by atoms with Crippen molar-refractivity contribution in [2.45, 2.75) is 64.5 Å². The molecule has 1 heterocycles. The Labute approximate surface area is 228 Å². The Hall–Kier alpha value is -4.14. The predicted molar refractivity (Wildman–Crippen MR) is 151 cm³/mol. The summed E-state index contributed by atoms with van der Waals surface area (Å²) in [6, 6.07) is 17.8. The van der Waals surface area contributed by atoms with Gasteiger partial charge in [0.25, 0.3) is 11.5 Å². The number of anilines is 1. The first-order valence-electron chi connectivity index (χ1n) is 13.5. The van der Waals surface area contributed by atoms with Gasteiger partial charge in [-0.1, -0.05) is 56.2 Å². The van der Waals surface area contributed by atoms with E-state index in [1.807, 2.05) is 37.3 Å². The molecule has 1 atom stereocenters. The van der Waals surface area contributed by atoms with Gasteiger partial charge in [0.15, 0.2) is 0 Å². The van der Waals surface area contributed by atoms with Crippen molar-refractivity contribution in [3.8, 4) is 5.69 Å². The minimum Gasteiger partial charge on any atom is -0.351 e. The van der Waals surface area contributed by atoms with Gasteiger partial charge >= 0.3 is 0 Å². The Morgan fingerprint density at radius 2 is 1.59 bits per heavy atom. The zero-order chi connectivity index (χ0) is 28.2. The summed E-state index contributed by atoms with van der Waals surface area (Å²) in [5.74, 6) is -1.27. The fourth-order valence-electron chi connectivity index (χ4n) is 5.22. The van der Waals surface area contributed by atoms with Crippen LogP contribution in [0.5, 0.6) is 0 Å². The minimum atomic E-state index is -1.36. The van der Waals surface area contributed by atoms with E-state index in [9.17, 15) is 19.2 Å².